The molecule has 0 aliphatic carbocycles. The zero-order chi connectivity index (χ0) is 28.3. The van der Waals surface area contributed by atoms with E-state index in [4.69, 9.17) is 4.52 Å². The molecule has 5 nitrogen and oxygen atoms in total. The molecule has 0 amide bonds. The Morgan fingerprint density at radius 2 is 0.588 bits per heavy atom. The quantitative estimate of drug-likeness (QED) is 0.228. The average molecular weight is 556 g/mol. The summed E-state index contributed by atoms with van der Waals surface area (Å²) in [4.78, 5) is 0. The van der Waals surface area contributed by atoms with E-state index in [0.29, 0.717) is 0 Å². The van der Waals surface area contributed by atoms with E-state index >= 15 is 0 Å². The van der Waals surface area contributed by atoms with Gasteiger partial charge in [0.05, 0.1) is 0 Å². The van der Waals surface area contributed by atoms with Gasteiger partial charge < -0.3 is 25.6 Å². The topological polar surface area (TPSA) is 77.0 Å². The van der Waals surface area contributed by atoms with E-state index < -0.39 is 14.3 Å². The molecule has 0 spiro atoms. The molecule has 0 heterocycles. The minimum absolute atomic E-state index is 0. The number of hydrogen-bond acceptors (Lipinski definition) is 0. The van der Waals surface area contributed by atoms with Crippen molar-refractivity contribution < 1.29 is 21.7 Å². The first-order chi connectivity index (χ1) is 14.2. The van der Waals surface area contributed by atoms with Crippen molar-refractivity contribution in [2.24, 2.45) is 4.52 Å². The van der Waals surface area contributed by atoms with Crippen molar-refractivity contribution in [3.8, 4) is 0 Å². The fraction of sp³-hybridized carbons (Fsp3) is 1.00. The summed E-state index contributed by atoms with van der Waals surface area (Å²) in [5.74, 6) is 0. The van der Waals surface area contributed by atoms with E-state index in [0.717, 1.165) is 0 Å². The molecule has 0 bridgehead atoms. The van der Waals surface area contributed by atoms with Crippen LogP contribution in [0, 0.1) is 0 Å². The summed E-state index contributed by atoms with van der Waals surface area (Å²) in [6.07, 6.45) is 0. The molecule has 0 saturated heterocycles. The number of nitrogens with zero attached hydrogens (tertiary/aromatic N) is 5. The van der Waals surface area contributed by atoms with E-state index in [1.165, 1.54) is 0 Å². The Hall–Kier alpha value is 1.05. The van der Waals surface area contributed by atoms with E-state index in [1.807, 2.05) is 0 Å². The maximum atomic E-state index is 12.1. The van der Waals surface area contributed by atoms with Gasteiger partial charge in [0.25, 0.3) is 0 Å². The van der Waals surface area contributed by atoms with Crippen LogP contribution in [0.15, 0.2) is 4.52 Å². The summed E-state index contributed by atoms with van der Waals surface area (Å²) >= 11 is 0. The second-order valence-electron chi connectivity index (χ2n) is 13.5. The van der Waals surface area contributed by atoms with Gasteiger partial charge in [-0.15, -0.1) is 7.21 Å². The molecule has 0 unspecified atom stereocenters. The Morgan fingerprint density at radius 1 is 0.441 bits per heavy atom. The zero-order valence-electron chi connectivity index (χ0n) is 27.1. The van der Waals surface area contributed by atoms with Crippen LogP contribution in [-0.2, 0) is 21.7 Å². The molecule has 0 aliphatic rings. The summed E-state index contributed by atoms with van der Waals surface area (Å²) in [6, 6.07) is 0. The second kappa shape index (κ2) is 16.8. The molecule has 0 aromatic carbocycles. The van der Waals surface area contributed by atoms with Gasteiger partial charge in [0, 0.05) is 0 Å². The van der Waals surface area contributed by atoms with Crippen LogP contribution in [0.2, 0.25) is 0 Å². The van der Waals surface area contributed by atoms with Gasteiger partial charge in [0.2, 0.25) is 0 Å². The summed E-state index contributed by atoms with van der Waals surface area (Å²) in [5.41, 5.74) is 0. The third kappa shape index (κ3) is 12.5. The molecule has 0 aliphatic heterocycles. The van der Waals surface area contributed by atoms with Crippen LogP contribution in [0.5, 0.6) is 0 Å². The number of rotatable bonds is 1. The molecule has 0 atom stereocenters. The first-order valence-corrected chi connectivity index (χ1v) is 15.3. The Kier molecular flexibility index (Phi) is 22.2. The number of hydrogen-bond donors (Lipinski definition) is 0. The van der Waals surface area contributed by atoms with Crippen molar-refractivity contribution in [2.75, 3.05) is 42.3 Å². The predicted octanol–water partition coefficient (Wildman–Crippen LogP) is 10.7. The van der Waals surface area contributed by atoms with Crippen LogP contribution in [0.4, 0.5) is 0 Å². The minimum atomic E-state index is -2.57. The summed E-state index contributed by atoms with van der Waals surface area (Å²) in [7, 11) is 5.99. The van der Waals surface area contributed by atoms with Crippen molar-refractivity contribution in [1.29, 1.82) is 0 Å². The molecule has 0 aromatic heterocycles. The van der Waals surface area contributed by atoms with Gasteiger partial charge in [-0.2, -0.15) is 42.3 Å². The van der Waals surface area contributed by atoms with Crippen LogP contribution in [0.3, 0.4) is 0 Å². The van der Waals surface area contributed by atoms with Crippen molar-refractivity contribution in [1.82, 2.24) is 0 Å². The third-order valence-corrected chi connectivity index (χ3v) is 16.7. The molecular weight excluding hydrogens is 492 g/mol. The summed E-state index contributed by atoms with van der Waals surface area (Å²) in [6.45, 7) is 34.0. The van der Waals surface area contributed by atoms with E-state index in [9.17, 15) is 5.16 Å². The Balaban J connectivity index is -0.000000241. The summed E-state index contributed by atoms with van der Waals surface area (Å²) < 4.78 is 5.67. The second-order valence-corrected chi connectivity index (χ2v) is 23.4. The van der Waals surface area contributed by atoms with Gasteiger partial charge in [-0.05, 0) is 32.8 Å². The zero-order valence-corrected chi connectivity index (χ0v) is 30.5. The summed E-state index contributed by atoms with van der Waals surface area (Å²) in [5, 5.41) is 22.2. The third-order valence-electron chi connectivity index (χ3n) is 5.05. The van der Waals surface area contributed by atoms with E-state index in [-0.39, 0.29) is 47.5 Å². The molecule has 0 rings (SSSR count). The van der Waals surface area contributed by atoms with Crippen molar-refractivity contribution >= 4 is 14.3 Å². The maximum Gasteiger partial charge on any atom is 4.00 e. The van der Waals surface area contributed by atoms with Gasteiger partial charge >= 0.3 is 21.7 Å². The molecule has 0 N–H and O–H groups in total. The fourth-order valence-corrected chi connectivity index (χ4v) is 19.9. The minimum Gasteiger partial charge on any atom is -0.789 e. The largest absolute Gasteiger partial charge is 4.00 e. The van der Waals surface area contributed by atoms with Gasteiger partial charge in [0.15, 0.2) is 0 Å². The van der Waals surface area contributed by atoms with Crippen LogP contribution in [-0.4, -0.2) is 68.1 Å². The van der Waals surface area contributed by atoms with E-state index in [1.54, 1.807) is 42.3 Å². The van der Waals surface area contributed by atoms with Gasteiger partial charge in [-0.3, -0.25) is 0 Å². The molecule has 0 radical (unpaired) electrons. The van der Waals surface area contributed by atoms with Crippen molar-refractivity contribution in [3.63, 3.8) is 0 Å². The fourth-order valence-electron chi connectivity index (χ4n) is 4.89. The van der Waals surface area contributed by atoms with Gasteiger partial charge in [-0.25, -0.2) is 0 Å². The van der Waals surface area contributed by atoms with Crippen LogP contribution >= 0.6 is 14.3 Å². The van der Waals surface area contributed by atoms with Crippen LogP contribution in [0.25, 0.3) is 21.1 Å². The van der Waals surface area contributed by atoms with E-state index in [2.05, 4.69) is 120 Å². The molecule has 0 fully saturated rings. The Morgan fingerprint density at radius 3 is 0.676 bits per heavy atom. The van der Waals surface area contributed by atoms with Gasteiger partial charge in [-0.1, -0.05) is 104 Å². The maximum absolute atomic E-state index is 12.1. The molecule has 8 heteroatoms. The molecule has 206 valence electrons. The monoisotopic (exact) mass is 555 g/mol. The van der Waals surface area contributed by atoms with Crippen LogP contribution < -0.4 is 0 Å². The SMILES string of the molecule is CC(C)(C)P(=[N-])(N=P(C(C)(C)C)(C(C)(C)C)C(C)(C)C)C(C)(C)C.C[N-]C.C[N-]C.C[N-]C.[Ti+4]. The Labute approximate surface area is 232 Å². The van der Waals surface area contributed by atoms with Crippen molar-refractivity contribution in [3.05, 3.63) is 21.1 Å². The first kappa shape index (κ1) is 45.0. The predicted molar refractivity (Wildman–Crippen MR) is 164 cm³/mol. The van der Waals surface area contributed by atoms with Crippen molar-refractivity contribution in [2.45, 2.75) is 130 Å². The smallest absolute Gasteiger partial charge is 0.789 e. The molecular formula is C26H63N5P2Ti. The van der Waals surface area contributed by atoms with Gasteiger partial charge in [0.1, 0.15) is 0 Å². The molecule has 34 heavy (non-hydrogen) atoms. The standard InChI is InChI=1S/C20H45N2P2.3C2H6N.Ti/c1-16(2,3)23(17(4,5)6,18(7,8)9)22-24(21,19(10,11)12)20(13,14)15;3*1-3-2;/h1-15H3;3*1-2H3;/q4*-1;+4. The Bertz CT molecular complexity index is 546. The molecule has 0 aromatic rings. The van der Waals surface area contributed by atoms with Crippen LogP contribution in [0.1, 0.15) is 104 Å². The average Bonchev–Trinajstić information content (AvgIpc) is 2.48. The first-order valence-electron chi connectivity index (χ1n) is 11.9. The molecule has 0 saturated carbocycles. The normalized spacial score (nSPS) is 13.1.